The SMILES string of the molecule is CCOC(=O)c1ccc(NC(=O)CN(c2ccc(Cl)c(C(F)(F)F)c2)S(=O)(=O)c2ccccc2)cc1Cl. The molecule has 3 rings (SSSR count). The predicted molar refractivity (Wildman–Crippen MR) is 133 cm³/mol. The molecule has 0 aromatic heterocycles. The van der Waals surface area contributed by atoms with E-state index in [4.69, 9.17) is 27.9 Å². The molecule has 0 saturated heterocycles. The van der Waals surface area contributed by atoms with Gasteiger partial charge in [-0.3, -0.25) is 9.10 Å². The molecule has 3 aromatic rings. The Hall–Kier alpha value is -3.28. The fourth-order valence-electron chi connectivity index (χ4n) is 3.22. The standard InChI is InChI=1S/C24H19Cl2F3N2O5S/c1-2-36-23(33)18-10-8-15(12-21(18)26)30-22(32)14-31(37(34,35)17-6-4-3-5-7-17)16-9-11-20(25)19(13-16)24(27,28)29/h3-13H,2,14H2,1H3,(H,30,32). The highest BCUT2D eigenvalue weighted by Gasteiger charge is 2.35. The third-order valence-corrected chi connectivity index (χ3v) is 7.34. The Morgan fingerprint density at radius 3 is 2.24 bits per heavy atom. The van der Waals surface area contributed by atoms with E-state index < -0.39 is 50.9 Å². The van der Waals surface area contributed by atoms with E-state index in [1.807, 2.05) is 0 Å². The van der Waals surface area contributed by atoms with Gasteiger partial charge in [-0.15, -0.1) is 0 Å². The van der Waals surface area contributed by atoms with E-state index in [1.165, 1.54) is 42.5 Å². The molecule has 7 nitrogen and oxygen atoms in total. The molecule has 0 bridgehead atoms. The zero-order valence-corrected chi connectivity index (χ0v) is 21.4. The maximum atomic E-state index is 13.5. The number of benzene rings is 3. The van der Waals surface area contributed by atoms with Gasteiger partial charge in [-0.05, 0) is 55.5 Å². The van der Waals surface area contributed by atoms with Gasteiger partial charge in [0.25, 0.3) is 10.0 Å². The van der Waals surface area contributed by atoms with Crippen molar-refractivity contribution in [1.82, 2.24) is 0 Å². The van der Waals surface area contributed by atoms with Gasteiger partial charge in [0.15, 0.2) is 0 Å². The normalized spacial score (nSPS) is 11.6. The van der Waals surface area contributed by atoms with Crippen LogP contribution in [-0.2, 0) is 25.7 Å². The van der Waals surface area contributed by atoms with Gasteiger partial charge in [-0.25, -0.2) is 13.2 Å². The van der Waals surface area contributed by atoms with Crippen molar-refractivity contribution in [3.05, 3.63) is 87.9 Å². The van der Waals surface area contributed by atoms with Crippen molar-refractivity contribution in [1.29, 1.82) is 0 Å². The van der Waals surface area contributed by atoms with Crippen molar-refractivity contribution in [3.8, 4) is 0 Å². The molecule has 0 radical (unpaired) electrons. The number of sulfonamides is 1. The van der Waals surface area contributed by atoms with Crippen LogP contribution in [0.15, 0.2) is 71.6 Å². The van der Waals surface area contributed by atoms with Crippen LogP contribution in [0.1, 0.15) is 22.8 Å². The minimum absolute atomic E-state index is 0.0301. The van der Waals surface area contributed by atoms with Gasteiger partial charge in [-0.2, -0.15) is 13.2 Å². The zero-order chi connectivity index (χ0) is 27.4. The lowest BCUT2D eigenvalue weighted by Gasteiger charge is -2.25. The molecule has 1 N–H and O–H groups in total. The number of esters is 1. The average molecular weight is 575 g/mol. The van der Waals surface area contributed by atoms with Crippen molar-refractivity contribution in [2.24, 2.45) is 0 Å². The van der Waals surface area contributed by atoms with Crippen LogP contribution < -0.4 is 9.62 Å². The van der Waals surface area contributed by atoms with Crippen molar-refractivity contribution in [2.75, 3.05) is 22.8 Å². The van der Waals surface area contributed by atoms with Crippen LogP contribution >= 0.6 is 23.2 Å². The molecule has 0 saturated carbocycles. The molecule has 1 amide bonds. The number of alkyl halides is 3. The fraction of sp³-hybridized carbons (Fsp3) is 0.167. The maximum absolute atomic E-state index is 13.5. The van der Waals surface area contributed by atoms with Gasteiger partial charge in [0.05, 0.1) is 38.4 Å². The molecule has 0 atom stereocenters. The molecule has 0 spiro atoms. The van der Waals surface area contributed by atoms with Gasteiger partial charge >= 0.3 is 12.1 Å². The summed E-state index contributed by atoms with van der Waals surface area (Å²) >= 11 is 11.8. The number of carbonyl (C=O) groups excluding carboxylic acids is 2. The minimum Gasteiger partial charge on any atom is -0.462 e. The topological polar surface area (TPSA) is 92.8 Å². The molecule has 0 unspecified atom stereocenters. The highest BCUT2D eigenvalue weighted by molar-refractivity contribution is 7.92. The summed E-state index contributed by atoms with van der Waals surface area (Å²) in [6, 6.07) is 13.3. The monoisotopic (exact) mass is 574 g/mol. The highest BCUT2D eigenvalue weighted by Crippen LogP contribution is 2.38. The van der Waals surface area contributed by atoms with Crippen LogP contribution in [0.25, 0.3) is 0 Å². The molecule has 13 heteroatoms. The second kappa shape index (κ2) is 11.4. The Bertz CT molecular complexity index is 1420. The number of halogens is 5. The Labute approximate surface area is 220 Å². The quantitative estimate of drug-likeness (QED) is 0.332. The van der Waals surface area contributed by atoms with Gasteiger partial charge in [0.2, 0.25) is 5.91 Å². The summed E-state index contributed by atoms with van der Waals surface area (Å²) in [6.45, 7) is 0.863. The molecule has 0 heterocycles. The summed E-state index contributed by atoms with van der Waals surface area (Å²) in [5.41, 5.74) is -1.52. The van der Waals surface area contributed by atoms with Gasteiger partial charge in [-0.1, -0.05) is 41.4 Å². The maximum Gasteiger partial charge on any atom is 0.417 e. The van der Waals surface area contributed by atoms with Gasteiger partial charge in [0.1, 0.15) is 6.54 Å². The molecule has 0 aliphatic heterocycles. The Morgan fingerprint density at radius 1 is 0.973 bits per heavy atom. The zero-order valence-electron chi connectivity index (χ0n) is 19.1. The third kappa shape index (κ3) is 6.73. The van der Waals surface area contributed by atoms with Crippen molar-refractivity contribution in [3.63, 3.8) is 0 Å². The number of anilines is 2. The summed E-state index contributed by atoms with van der Waals surface area (Å²) in [7, 11) is -4.47. The van der Waals surface area contributed by atoms with Crippen LogP contribution in [0.5, 0.6) is 0 Å². The van der Waals surface area contributed by atoms with Gasteiger partial charge in [0, 0.05) is 5.69 Å². The third-order valence-electron chi connectivity index (χ3n) is 4.91. The van der Waals surface area contributed by atoms with E-state index in [-0.39, 0.29) is 27.8 Å². The molecule has 0 aliphatic carbocycles. The van der Waals surface area contributed by atoms with Crippen molar-refractivity contribution >= 4 is 56.5 Å². The Kier molecular flexibility index (Phi) is 8.72. The number of carbonyl (C=O) groups is 2. The smallest absolute Gasteiger partial charge is 0.417 e. The van der Waals surface area contributed by atoms with Crippen molar-refractivity contribution < 1.29 is 35.9 Å². The minimum atomic E-state index is -4.87. The predicted octanol–water partition coefficient (Wildman–Crippen LogP) is 6.02. The first-order chi connectivity index (χ1) is 17.3. The number of hydrogen-bond acceptors (Lipinski definition) is 5. The van der Waals surface area contributed by atoms with E-state index in [9.17, 15) is 31.2 Å². The summed E-state index contributed by atoms with van der Waals surface area (Å²) in [5.74, 6) is -1.56. The lowest BCUT2D eigenvalue weighted by atomic mass is 10.2. The summed E-state index contributed by atoms with van der Waals surface area (Å²) < 4.78 is 72.5. The van der Waals surface area contributed by atoms with Crippen LogP contribution in [-0.4, -0.2) is 33.4 Å². The molecule has 0 fully saturated rings. The van der Waals surface area contributed by atoms with E-state index in [0.29, 0.717) is 10.4 Å². The summed E-state index contributed by atoms with van der Waals surface area (Å²) in [4.78, 5) is 24.5. The number of nitrogens with one attached hydrogen (secondary N) is 1. The lowest BCUT2D eigenvalue weighted by molar-refractivity contribution is -0.137. The van der Waals surface area contributed by atoms with E-state index in [1.54, 1.807) is 13.0 Å². The van der Waals surface area contributed by atoms with E-state index in [0.717, 1.165) is 12.1 Å². The number of ether oxygens (including phenoxy) is 1. The number of rotatable bonds is 8. The first-order valence-corrected chi connectivity index (χ1v) is 12.7. The van der Waals surface area contributed by atoms with E-state index >= 15 is 0 Å². The van der Waals surface area contributed by atoms with Crippen LogP contribution in [0.2, 0.25) is 10.0 Å². The average Bonchev–Trinajstić information content (AvgIpc) is 2.83. The number of nitrogens with zero attached hydrogens (tertiary/aromatic N) is 1. The second-order valence-electron chi connectivity index (χ2n) is 7.45. The summed E-state index contributed by atoms with van der Waals surface area (Å²) in [6.07, 6.45) is -4.87. The summed E-state index contributed by atoms with van der Waals surface area (Å²) in [5, 5.41) is 1.77. The molecular weight excluding hydrogens is 556 g/mol. The van der Waals surface area contributed by atoms with Crippen molar-refractivity contribution in [2.45, 2.75) is 18.0 Å². The molecule has 196 valence electrons. The first-order valence-electron chi connectivity index (χ1n) is 10.6. The van der Waals surface area contributed by atoms with Crippen LogP contribution in [0.3, 0.4) is 0 Å². The Balaban J connectivity index is 1.97. The first kappa shape index (κ1) is 28.3. The van der Waals surface area contributed by atoms with Crippen LogP contribution in [0.4, 0.5) is 24.5 Å². The largest absolute Gasteiger partial charge is 0.462 e. The number of amides is 1. The van der Waals surface area contributed by atoms with Crippen LogP contribution in [0, 0.1) is 0 Å². The molecule has 3 aromatic carbocycles. The molecular formula is C24H19Cl2F3N2O5S. The molecule has 37 heavy (non-hydrogen) atoms. The number of hydrogen-bond donors (Lipinski definition) is 1. The second-order valence-corrected chi connectivity index (χ2v) is 10.1. The lowest BCUT2D eigenvalue weighted by Crippen LogP contribution is -2.38. The molecule has 0 aliphatic rings. The Morgan fingerprint density at radius 2 is 1.65 bits per heavy atom. The highest BCUT2D eigenvalue weighted by atomic mass is 35.5. The van der Waals surface area contributed by atoms with Gasteiger partial charge < -0.3 is 10.1 Å². The fourth-order valence-corrected chi connectivity index (χ4v) is 5.13. The van der Waals surface area contributed by atoms with E-state index in [2.05, 4.69) is 5.32 Å².